The number of hydrogen-bond acceptors (Lipinski definition) is 6. The van der Waals surface area contributed by atoms with Gasteiger partial charge in [-0.05, 0) is 106 Å². The van der Waals surface area contributed by atoms with Gasteiger partial charge in [-0.3, -0.25) is 15.1 Å². The maximum Gasteiger partial charge on any atom is 0.255 e. The first-order chi connectivity index (χ1) is 18.5. The molecule has 206 valence electrons. The van der Waals surface area contributed by atoms with Crippen molar-refractivity contribution in [2.75, 3.05) is 18.1 Å². The Kier molecular flexibility index (Phi) is 7.90. The minimum atomic E-state index is -0.557. The fraction of sp³-hybridized carbons (Fsp3) is 0.333. The molecule has 1 aliphatic heterocycles. The molecule has 3 aromatic rings. The van der Waals surface area contributed by atoms with Crippen LogP contribution in [0.5, 0.6) is 23.0 Å². The molecule has 9 nitrogen and oxygen atoms in total. The van der Waals surface area contributed by atoms with Crippen LogP contribution in [0.3, 0.4) is 0 Å². The van der Waals surface area contributed by atoms with Crippen molar-refractivity contribution in [3.05, 3.63) is 70.8 Å². The van der Waals surface area contributed by atoms with Gasteiger partial charge in [-0.15, -0.1) is 0 Å². The summed E-state index contributed by atoms with van der Waals surface area (Å²) in [7, 11) is 0. The first kappa shape index (κ1) is 27.6. The summed E-state index contributed by atoms with van der Waals surface area (Å²) >= 11 is 0. The smallest absolute Gasteiger partial charge is 0.255 e. The van der Waals surface area contributed by atoms with Crippen LogP contribution in [0.2, 0.25) is 0 Å². The average molecular weight is 533 g/mol. The van der Waals surface area contributed by atoms with E-state index in [2.05, 4.69) is 6.92 Å². The number of nitrogens with two attached hydrogens (primary N) is 2. The minimum Gasteiger partial charge on any atom is -0.507 e. The lowest BCUT2D eigenvalue weighted by Crippen LogP contribution is -2.38. The van der Waals surface area contributed by atoms with E-state index in [0.717, 1.165) is 40.8 Å². The molecule has 0 bridgehead atoms. The number of amides is 1. The number of anilines is 2. The van der Waals surface area contributed by atoms with E-state index >= 15 is 0 Å². The second-order valence-electron chi connectivity index (χ2n) is 10.1. The van der Waals surface area contributed by atoms with E-state index in [4.69, 9.17) is 31.1 Å². The summed E-state index contributed by atoms with van der Waals surface area (Å²) in [4.78, 5) is 12.5. The van der Waals surface area contributed by atoms with Crippen LogP contribution in [0, 0.1) is 26.2 Å². The molecule has 0 saturated heterocycles. The SMILES string of the molecule is Cc1c(C)c2c(c(C)c1O)CCC(C)(CCOc1ccc(N(C(=N)N)c3ccc(OCC(N)=O)cc3)cc1)O2. The van der Waals surface area contributed by atoms with E-state index in [-0.39, 0.29) is 18.2 Å². The van der Waals surface area contributed by atoms with E-state index < -0.39 is 5.91 Å². The third-order valence-corrected chi connectivity index (χ3v) is 7.30. The number of primary amides is 1. The lowest BCUT2D eigenvalue weighted by atomic mass is 9.86. The summed E-state index contributed by atoms with van der Waals surface area (Å²) in [6.45, 7) is 8.23. The number of ether oxygens (including phenoxy) is 3. The normalized spacial score (nSPS) is 16.1. The van der Waals surface area contributed by atoms with E-state index in [1.807, 2.05) is 45.0 Å². The number of nitrogens with one attached hydrogen (secondary N) is 1. The molecule has 39 heavy (non-hydrogen) atoms. The predicted octanol–water partition coefficient (Wildman–Crippen LogP) is 4.77. The Morgan fingerprint density at radius 3 is 2.08 bits per heavy atom. The van der Waals surface area contributed by atoms with Crippen molar-refractivity contribution in [2.24, 2.45) is 11.5 Å². The van der Waals surface area contributed by atoms with E-state index in [0.29, 0.717) is 41.7 Å². The van der Waals surface area contributed by atoms with Crippen LogP contribution in [0.15, 0.2) is 48.5 Å². The number of aromatic hydroxyl groups is 1. The van der Waals surface area contributed by atoms with Crippen molar-refractivity contribution < 1.29 is 24.1 Å². The van der Waals surface area contributed by atoms with Gasteiger partial charge in [-0.2, -0.15) is 0 Å². The summed E-state index contributed by atoms with van der Waals surface area (Å²) in [5, 5.41) is 18.5. The molecule has 0 aromatic heterocycles. The maximum absolute atomic E-state index is 10.9. The van der Waals surface area contributed by atoms with Gasteiger partial charge in [-0.25, -0.2) is 0 Å². The number of fused-ring (bicyclic) bond motifs is 1. The largest absolute Gasteiger partial charge is 0.507 e. The Morgan fingerprint density at radius 2 is 1.54 bits per heavy atom. The van der Waals surface area contributed by atoms with Crippen LogP contribution in [-0.4, -0.2) is 35.8 Å². The third-order valence-electron chi connectivity index (χ3n) is 7.30. The molecule has 1 aliphatic rings. The summed E-state index contributed by atoms with van der Waals surface area (Å²) in [5.74, 6) is 1.73. The molecule has 1 heterocycles. The fourth-order valence-electron chi connectivity index (χ4n) is 4.82. The lowest BCUT2D eigenvalue weighted by Gasteiger charge is -2.38. The zero-order chi connectivity index (χ0) is 28.3. The number of phenols is 1. The molecule has 0 spiro atoms. The van der Waals surface area contributed by atoms with Gasteiger partial charge in [0.05, 0.1) is 6.61 Å². The second-order valence-corrected chi connectivity index (χ2v) is 10.1. The minimum absolute atomic E-state index is 0.147. The van der Waals surface area contributed by atoms with Crippen LogP contribution in [0.4, 0.5) is 11.4 Å². The Balaban J connectivity index is 1.38. The maximum atomic E-state index is 10.9. The number of carbonyl (C=O) groups is 1. The van der Waals surface area contributed by atoms with Crippen molar-refractivity contribution in [3.63, 3.8) is 0 Å². The number of phenolic OH excluding ortho intramolecular Hbond substituents is 1. The third kappa shape index (κ3) is 6.03. The highest BCUT2D eigenvalue weighted by molar-refractivity contribution is 5.99. The number of benzene rings is 3. The highest BCUT2D eigenvalue weighted by Crippen LogP contribution is 2.44. The van der Waals surface area contributed by atoms with Crippen LogP contribution >= 0.6 is 0 Å². The molecule has 1 atom stereocenters. The number of hydrogen-bond donors (Lipinski definition) is 4. The van der Waals surface area contributed by atoms with Gasteiger partial charge < -0.3 is 30.8 Å². The first-order valence-electron chi connectivity index (χ1n) is 12.9. The first-order valence-corrected chi connectivity index (χ1v) is 12.9. The van der Waals surface area contributed by atoms with Gasteiger partial charge in [-0.1, -0.05) is 0 Å². The van der Waals surface area contributed by atoms with Crippen LogP contribution in [-0.2, 0) is 11.2 Å². The number of nitrogens with zero attached hydrogens (tertiary/aromatic N) is 1. The molecule has 1 amide bonds. The Hall–Kier alpha value is -4.40. The molecule has 0 fully saturated rings. The molecule has 1 unspecified atom stereocenters. The molecule has 9 heteroatoms. The highest BCUT2D eigenvalue weighted by Gasteiger charge is 2.34. The van der Waals surface area contributed by atoms with E-state index in [9.17, 15) is 9.90 Å². The monoisotopic (exact) mass is 532 g/mol. The second kappa shape index (κ2) is 11.1. The summed E-state index contributed by atoms with van der Waals surface area (Å²) in [6.07, 6.45) is 2.39. The highest BCUT2D eigenvalue weighted by atomic mass is 16.5. The topological polar surface area (TPSA) is 144 Å². The van der Waals surface area contributed by atoms with Crippen molar-refractivity contribution in [1.29, 1.82) is 5.41 Å². The van der Waals surface area contributed by atoms with E-state index in [1.165, 1.54) is 0 Å². The molecule has 0 saturated carbocycles. The molecule has 0 aliphatic carbocycles. The number of guanidine groups is 1. The van der Waals surface area contributed by atoms with Gasteiger partial charge in [0.25, 0.3) is 5.91 Å². The molecular weight excluding hydrogens is 496 g/mol. The summed E-state index contributed by atoms with van der Waals surface area (Å²) in [6, 6.07) is 14.2. The van der Waals surface area contributed by atoms with Crippen LogP contribution in [0.1, 0.15) is 42.0 Å². The lowest BCUT2D eigenvalue weighted by molar-refractivity contribution is -0.119. The average Bonchev–Trinajstić information content (AvgIpc) is 2.91. The Morgan fingerprint density at radius 1 is 0.974 bits per heavy atom. The molecular formula is C30H36N4O5. The summed E-state index contributed by atoms with van der Waals surface area (Å²) in [5.41, 5.74) is 15.8. The van der Waals surface area contributed by atoms with Gasteiger partial charge in [0.2, 0.25) is 0 Å². The van der Waals surface area contributed by atoms with E-state index in [1.54, 1.807) is 29.2 Å². The predicted molar refractivity (Wildman–Crippen MR) is 151 cm³/mol. The number of rotatable bonds is 9. The van der Waals surface area contributed by atoms with Gasteiger partial charge in [0, 0.05) is 23.4 Å². The van der Waals surface area contributed by atoms with Crippen molar-refractivity contribution in [1.82, 2.24) is 0 Å². The molecule has 3 aromatic carbocycles. The van der Waals surface area contributed by atoms with Crippen molar-refractivity contribution in [3.8, 4) is 23.0 Å². The zero-order valence-electron chi connectivity index (χ0n) is 22.8. The fourth-order valence-corrected chi connectivity index (χ4v) is 4.82. The molecule has 0 radical (unpaired) electrons. The van der Waals surface area contributed by atoms with Gasteiger partial charge in [0.1, 0.15) is 28.6 Å². The zero-order valence-corrected chi connectivity index (χ0v) is 22.8. The molecule has 4 rings (SSSR count). The van der Waals surface area contributed by atoms with Gasteiger partial charge >= 0.3 is 0 Å². The van der Waals surface area contributed by atoms with Crippen LogP contribution < -0.4 is 30.6 Å². The molecule has 6 N–H and O–H groups in total. The van der Waals surface area contributed by atoms with Crippen LogP contribution in [0.25, 0.3) is 0 Å². The Labute approximate surface area is 228 Å². The summed E-state index contributed by atoms with van der Waals surface area (Å²) < 4.78 is 17.8. The van der Waals surface area contributed by atoms with Crippen molar-refractivity contribution >= 4 is 23.2 Å². The number of carbonyl (C=O) groups excluding carboxylic acids is 1. The standard InChI is InChI=1S/C30H36N4O5/c1-18-19(2)28-25(20(3)27(18)36)13-14-30(4,39-28)15-16-37-23-9-5-21(6-10-23)34(29(32)33)22-7-11-24(12-8-22)38-17-26(31)35/h5-12,36H,13-17H2,1-4H3,(H2,31,35)(H3,32,33). The van der Waals surface area contributed by atoms with Gasteiger partial charge in [0.15, 0.2) is 12.6 Å². The van der Waals surface area contributed by atoms with Crippen molar-refractivity contribution in [2.45, 2.75) is 52.6 Å². The Bertz CT molecular complexity index is 1370. The quantitative estimate of drug-likeness (QED) is 0.230.